The Morgan fingerprint density at radius 2 is 2.33 bits per heavy atom. The second-order valence-electron chi connectivity index (χ2n) is 4.19. The Kier molecular flexibility index (Phi) is 5.77. The fourth-order valence-electron chi connectivity index (χ4n) is 1.73. The van der Waals surface area contributed by atoms with E-state index < -0.39 is 0 Å². The smallest absolute Gasteiger partial charge is 0.236 e. The lowest BCUT2D eigenvalue weighted by atomic mass is 10.1. The number of ether oxygens (including phenoxy) is 2. The molecule has 21 heavy (non-hydrogen) atoms. The molecule has 1 saturated heterocycles. The minimum atomic E-state index is -0.0441. The Balaban J connectivity index is 2.07. The number of hydrogen-bond acceptors (Lipinski definition) is 6. The van der Waals surface area contributed by atoms with Crippen molar-refractivity contribution in [3.8, 4) is 5.75 Å². The summed E-state index contributed by atoms with van der Waals surface area (Å²) < 4.78 is 10.7. The van der Waals surface area contributed by atoms with Crippen LogP contribution in [0.15, 0.2) is 28.4 Å². The first-order valence-corrected chi connectivity index (χ1v) is 7.49. The SMILES string of the molecule is CCOCc1cc(C=NN=C2NC(=O)CS2)ccc1OC. The Morgan fingerprint density at radius 3 is 3.00 bits per heavy atom. The number of benzene rings is 1. The fourth-order valence-corrected chi connectivity index (χ4v) is 2.36. The summed E-state index contributed by atoms with van der Waals surface area (Å²) >= 11 is 1.34. The zero-order chi connectivity index (χ0) is 15.1. The van der Waals surface area contributed by atoms with E-state index in [0.717, 1.165) is 16.9 Å². The highest BCUT2D eigenvalue weighted by atomic mass is 32.2. The van der Waals surface area contributed by atoms with Gasteiger partial charge in [0.2, 0.25) is 5.91 Å². The highest BCUT2D eigenvalue weighted by molar-refractivity contribution is 8.15. The number of thioether (sulfide) groups is 1. The topological polar surface area (TPSA) is 72.3 Å². The number of rotatable bonds is 6. The third-order valence-corrected chi connectivity index (χ3v) is 3.57. The summed E-state index contributed by atoms with van der Waals surface area (Å²) in [6, 6.07) is 5.70. The van der Waals surface area contributed by atoms with Crippen molar-refractivity contribution in [2.24, 2.45) is 10.2 Å². The average molecular weight is 307 g/mol. The van der Waals surface area contributed by atoms with E-state index in [0.29, 0.717) is 24.1 Å². The second-order valence-corrected chi connectivity index (χ2v) is 5.16. The van der Waals surface area contributed by atoms with Crippen LogP contribution in [0.25, 0.3) is 0 Å². The van der Waals surface area contributed by atoms with Crippen molar-refractivity contribution >= 4 is 29.1 Å². The van der Waals surface area contributed by atoms with E-state index in [1.165, 1.54) is 11.8 Å². The van der Waals surface area contributed by atoms with Crippen molar-refractivity contribution in [2.75, 3.05) is 19.5 Å². The first-order valence-electron chi connectivity index (χ1n) is 6.51. The number of methoxy groups -OCH3 is 1. The predicted molar refractivity (Wildman–Crippen MR) is 84.0 cm³/mol. The fraction of sp³-hybridized carbons (Fsp3) is 0.357. The molecule has 0 atom stereocenters. The maximum Gasteiger partial charge on any atom is 0.236 e. The lowest BCUT2D eigenvalue weighted by Crippen LogP contribution is -2.19. The number of nitrogens with zero attached hydrogens (tertiary/aromatic N) is 2. The summed E-state index contributed by atoms with van der Waals surface area (Å²) in [7, 11) is 1.63. The summed E-state index contributed by atoms with van der Waals surface area (Å²) in [6.45, 7) is 3.08. The van der Waals surface area contributed by atoms with Gasteiger partial charge < -0.3 is 14.8 Å². The van der Waals surface area contributed by atoms with Crippen LogP contribution in [0.4, 0.5) is 0 Å². The van der Waals surface area contributed by atoms with Crippen LogP contribution in [0.3, 0.4) is 0 Å². The molecule has 1 aromatic carbocycles. The van der Waals surface area contributed by atoms with Gasteiger partial charge in [0, 0.05) is 12.2 Å². The number of amides is 1. The van der Waals surface area contributed by atoms with E-state index in [4.69, 9.17) is 9.47 Å². The lowest BCUT2D eigenvalue weighted by Gasteiger charge is -2.09. The molecule has 0 aliphatic carbocycles. The highest BCUT2D eigenvalue weighted by Crippen LogP contribution is 2.20. The predicted octanol–water partition coefficient (Wildman–Crippen LogP) is 1.78. The molecule has 1 aromatic rings. The summed E-state index contributed by atoms with van der Waals surface area (Å²) in [5.41, 5.74) is 1.85. The number of carbonyl (C=O) groups excluding carboxylic acids is 1. The highest BCUT2D eigenvalue weighted by Gasteiger charge is 2.15. The monoisotopic (exact) mass is 307 g/mol. The van der Waals surface area contributed by atoms with E-state index in [1.807, 2.05) is 25.1 Å². The van der Waals surface area contributed by atoms with Crippen LogP contribution < -0.4 is 10.1 Å². The summed E-state index contributed by atoms with van der Waals surface area (Å²) in [5.74, 6) is 1.14. The molecule has 0 spiro atoms. The molecule has 0 bridgehead atoms. The maximum absolute atomic E-state index is 11.0. The van der Waals surface area contributed by atoms with E-state index in [9.17, 15) is 4.79 Å². The molecule has 0 unspecified atom stereocenters. The van der Waals surface area contributed by atoms with Gasteiger partial charge in [-0.25, -0.2) is 0 Å². The van der Waals surface area contributed by atoms with Gasteiger partial charge in [-0.2, -0.15) is 5.10 Å². The average Bonchev–Trinajstić information content (AvgIpc) is 2.91. The van der Waals surface area contributed by atoms with Gasteiger partial charge in [-0.15, -0.1) is 5.10 Å². The molecule has 2 rings (SSSR count). The standard InChI is InChI=1S/C14H17N3O3S/c1-3-20-8-11-6-10(4-5-12(11)19-2)7-15-17-14-16-13(18)9-21-14/h4-7H,3,8-9H2,1-2H3,(H,16,17,18). The van der Waals surface area contributed by atoms with Crippen LogP contribution >= 0.6 is 11.8 Å². The van der Waals surface area contributed by atoms with Crippen LogP contribution in [-0.4, -0.2) is 36.8 Å². The van der Waals surface area contributed by atoms with Crippen molar-refractivity contribution in [2.45, 2.75) is 13.5 Å². The third-order valence-electron chi connectivity index (χ3n) is 2.71. The first-order chi connectivity index (χ1) is 10.2. The molecule has 0 radical (unpaired) electrons. The van der Waals surface area contributed by atoms with Crippen molar-refractivity contribution in [1.82, 2.24) is 5.32 Å². The van der Waals surface area contributed by atoms with Crippen LogP contribution in [0.1, 0.15) is 18.1 Å². The number of carbonyl (C=O) groups is 1. The van der Waals surface area contributed by atoms with Crippen molar-refractivity contribution in [3.05, 3.63) is 29.3 Å². The number of amidine groups is 1. The molecule has 1 heterocycles. The Morgan fingerprint density at radius 1 is 1.48 bits per heavy atom. The molecule has 1 aliphatic rings. The van der Waals surface area contributed by atoms with Crippen LogP contribution in [0.5, 0.6) is 5.75 Å². The minimum absolute atomic E-state index is 0.0441. The van der Waals surface area contributed by atoms with Gasteiger partial charge >= 0.3 is 0 Å². The summed E-state index contributed by atoms with van der Waals surface area (Å²) in [4.78, 5) is 11.0. The normalized spacial score (nSPS) is 16.7. The van der Waals surface area contributed by atoms with E-state index in [2.05, 4.69) is 15.5 Å². The van der Waals surface area contributed by atoms with Crippen LogP contribution in [0, 0.1) is 0 Å². The van der Waals surface area contributed by atoms with Gasteiger partial charge in [0.15, 0.2) is 5.17 Å². The molecule has 1 aliphatic heterocycles. The Labute approximate surface area is 127 Å². The van der Waals surface area contributed by atoms with Crippen LogP contribution in [-0.2, 0) is 16.1 Å². The van der Waals surface area contributed by atoms with Gasteiger partial charge in [0.05, 0.1) is 25.7 Å². The van der Waals surface area contributed by atoms with Crippen molar-refractivity contribution < 1.29 is 14.3 Å². The van der Waals surface area contributed by atoms with Gasteiger partial charge in [-0.3, -0.25) is 4.79 Å². The zero-order valence-corrected chi connectivity index (χ0v) is 12.8. The van der Waals surface area contributed by atoms with E-state index in [-0.39, 0.29) is 5.91 Å². The molecule has 112 valence electrons. The van der Waals surface area contributed by atoms with Gasteiger partial charge in [-0.05, 0) is 30.7 Å². The van der Waals surface area contributed by atoms with Gasteiger partial charge in [0.1, 0.15) is 5.75 Å². The number of nitrogens with one attached hydrogen (secondary N) is 1. The quantitative estimate of drug-likeness (QED) is 0.642. The number of hydrogen-bond donors (Lipinski definition) is 1. The lowest BCUT2D eigenvalue weighted by molar-refractivity contribution is -0.116. The summed E-state index contributed by atoms with van der Waals surface area (Å²) in [6.07, 6.45) is 1.63. The Hall–Kier alpha value is -1.86. The van der Waals surface area contributed by atoms with E-state index in [1.54, 1.807) is 13.3 Å². The van der Waals surface area contributed by atoms with Crippen molar-refractivity contribution in [1.29, 1.82) is 0 Å². The molecular weight excluding hydrogens is 290 g/mol. The minimum Gasteiger partial charge on any atom is -0.496 e. The molecule has 0 saturated carbocycles. The summed E-state index contributed by atoms with van der Waals surface area (Å²) in [5, 5.41) is 11.1. The van der Waals surface area contributed by atoms with Gasteiger partial charge in [-0.1, -0.05) is 11.8 Å². The maximum atomic E-state index is 11.0. The third kappa shape index (κ3) is 4.57. The largest absolute Gasteiger partial charge is 0.496 e. The van der Waals surface area contributed by atoms with E-state index >= 15 is 0 Å². The Bertz CT molecular complexity index is 573. The van der Waals surface area contributed by atoms with Crippen LogP contribution in [0.2, 0.25) is 0 Å². The molecule has 6 nitrogen and oxygen atoms in total. The molecule has 1 amide bonds. The zero-order valence-electron chi connectivity index (χ0n) is 12.0. The molecule has 1 N–H and O–H groups in total. The van der Waals surface area contributed by atoms with Gasteiger partial charge in [0.25, 0.3) is 0 Å². The molecule has 7 heteroatoms. The van der Waals surface area contributed by atoms with Crippen molar-refractivity contribution in [3.63, 3.8) is 0 Å². The second kappa shape index (κ2) is 7.80. The molecule has 0 aromatic heterocycles. The molecular formula is C14H17N3O3S. The molecule has 1 fully saturated rings. The first kappa shape index (κ1) is 15.5.